The Labute approximate surface area is 244 Å². The summed E-state index contributed by atoms with van der Waals surface area (Å²) in [5.41, 5.74) is 6.48. The molecule has 0 saturated heterocycles. The number of Topliss-reactive ketones (excluding diaryl/α,β-unsaturated/α-hetero) is 1. The van der Waals surface area contributed by atoms with E-state index in [1.807, 2.05) is 0 Å². The second-order valence-electron chi connectivity index (χ2n) is 9.13. The molecule has 0 heterocycles. The molecule has 0 spiro atoms. The van der Waals surface area contributed by atoms with E-state index in [0.717, 1.165) is 25.7 Å². The van der Waals surface area contributed by atoms with Gasteiger partial charge in [0.15, 0.2) is 5.78 Å². The van der Waals surface area contributed by atoms with Gasteiger partial charge in [-0.25, -0.2) is 4.79 Å². The Morgan fingerprint density at radius 2 is 1.67 bits per heavy atom. The fourth-order valence-electron chi connectivity index (χ4n) is 4.16. The molecule has 0 aromatic heterocycles. The zero-order valence-electron chi connectivity index (χ0n) is 21.2. The molecule has 0 aliphatic heterocycles. The van der Waals surface area contributed by atoms with Crippen molar-refractivity contribution >= 4 is 66.1 Å². The van der Waals surface area contributed by atoms with Gasteiger partial charge in [0.1, 0.15) is 12.1 Å². The molecule has 2 amide bonds. The third kappa shape index (κ3) is 9.87. The Morgan fingerprint density at radius 1 is 1.03 bits per heavy atom. The summed E-state index contributed by atoms with van der Waals surface area (Å²) in [6, 6.07) is 10.1. The van der Waals surface area contributed by atoms with Crippen LogP contribution in [0.25, 0.3) is 0 Å². The summed E-state index contributed by atoms with van der Waals surface area (Å²) in [6.07, 6.45) is 3.29. The molecule has 0 bridgehead atoms. The standard InChI is InChI=1S/C27H30Cl2N4O5.H2S/c28-20-9-4-10-21(29)24(20)26(36)33-22(27(37)38-19-7-1-2-8-19)12-11-18(34)15-32-25(35)17-6-3-5-16(13-17)14-23(30)31;/h3-6,9-10,13,19,22H,1-2,7-8,11-12,14-15H2,(H3,30,31)(H,32,35)(H,33,36);1H2/t22-;/m0./s1. The van der Waals surface area contributed by atoms with E-state index in [-0.39, 0.29) is 72.6 Å². The summed E-state index contributed by atoms with van der Waals surface area (Å²) in [5, 5.41) is 12.8. The summed E-state index contributed by atoms with van der Waals surface area (Å²) in [4.78, 5) is 50.8. The van der Waals surface area contributed by atoms with Gasteiger partial charge in [0.05, 0.1) is 28.0 Å². The SMILES string of the molecule is N=C(N)Cc1cccc(C(=O)NCC(=O)CC[C@H](NC(=O)c2c(Cl)cccc2Cl)C(=O)OC2CCCC2)c1.S. The highest BCUT2D eigenvalue weighted by Gasteiger charge is 2.29. The predicted molar refractivity (Wildman–Crippen MR) is 155 cm³/mol. The topological polar surface area (TPSA) is 151 Å². The monoisotopic (exact) mass is 594 g/mol. The zero-order chi connectivity index (χ0) is 27.7. The third-order valence-corrected chi connectivity index (χ3v) is 6.74. The number of carbonyl (C=O) groups excluding carboxylic acids is 4. The predicted octanol–water partition coefficient (Wildman–Crippen LogP) is 3.95. The number of nitrogens with two attached hydrogens (primary N) is 1. The van der Waals surface area contributed by atoms with Crippen molar-refractivity contribution in [3.8, 4) is 0 Å². The molecule has 1 fully saturated rings. The number of hydrogen-bond donors (Lipinski definition) is 4. The molecule has 9 nitrogen and oxygen atoms in total. The summed E-state index contributed by atoms with van der Waals surface area (Å²) in [7, 11) is 0. The maximum Gasteiger partial charge on any atom is 0.328 e. The minimum Gasteiger partial charge on any atom is -0.461 e. The molecule has 1 aliphatic rings. The fraction of sp³-hybridized carbons (Fsp3) is 0.370. The Kier molecular flexibility index (Phi) is 12.8. The van der Waals surface area contributed by atoms with Gasteiger partial charge < -0.3 is 21.1 Å². The number of carbonyl (C=O) groups is 4. The highest BCUT2D eigenvalue weighted by Crippen LogP contribution is 2.25. The molecule has 1 saturated carbocycles. The van der Waals surface area contributed by atoms with Crippen LogP contribution in [0.1, 0.15) is 64.8 Å². The van der Waals surface area contributed by atoms with Crippen LogP contribution in [-0.2, 0) is 20.7 Å². The third-order valence-electron chi connectivity index (χ3n) is 6.11. The van der Waals surface area contributed by atoms with Crippen molar-refractivity contribution in [1.82, 2.24) is 10.6 Å². The van der Waals surface area contributed by atoms with Gasteiger partial charge in [-0.1, -0.05) is 41.4 Å². The molecule has 0 unspecified atom stereocenters. The first-order chi connectivity index (χ1) is 18.1. The van der Waals surface area contributed by atoms with Crippen molar-refractivity contribution in [1.29, 1.82) is 5.41 Å². The lowest BCUT2D eigenvalue weighted by molar-refractivity contribution is -0.151. The molecule has 2 aromatic rings. The van der Waals surface area contributed by atoms with Crippen LogP contribution in [0.5, 0.6) is 0 Å². The zero-order valence-corrected chi connectivity index (χ0v) is 23.7. The minimum atomic E-state index is -1.10. The van der Waals surface area contributed by atoms with Gasteiger partial charge in [-0.3, -0.25) is 19.8 Å². The van der Waals surface area contributed by atoms with Crippen molar-refractivity contribution in [2.24, 2.45) is 5.73 Å². The van der Waals surface area contributed by atoms with E-state index in [2.05, 4.69) is 10.6 Å². The number of benzene rings is 2. The summed E-state index contributed by atoms with van der Waals surface area (Å²) in [6.45, 7) is -0.259. The van der Waals surface area contributed by atoms with E-state index < -0.39 is 23.8 Å². The lowest BCUT2D eigenvalue weighted by atomic mass is 10.1. The first-order valence-electron chi connectivity index (χ1n) is 12.3. The van der Waals surface area contributed by atoms with Crippen LogP contribution in [0.2, 0.25) is 10.0 Å². The van der Waals surface area contributed by atoms with E-state index in [9.17, 15) is 19.2 Å². The number of nitrogens with one attached hydrogen (secondary N) is 3. The molecule has 12 heteroatoms. The Hall–Kier alpha value is -3.08. The van der Waals surface area contributed by atoms with E-state index in [1.54, 1.807) is 30.3 Å². The highest BCUT2D eigenvalue weighted by atomic mass is 35.5. The quantitative estimate of drug-likeness (QED) is 0.166. The number of amidine groups is 1. The van der Waals surface area contributed by atoms with Crippen LogP contribution in [0.3, 0.4) is 0 Å². The van der Waals surface area contributed by atoms with Crippen LogP contribution >= 0.6 is 36.7 Å². The Morgan fingerprint density at radius 3 is 2.31 bits per heavy atom. The largest absolute Gasteiger partial charge is 0.461 e. The lowest BCUT2D eigenvalue weighted by Gasteiger charge is -2.20. The number of hydrogen-bond acceptors (Lipinski definition) is 6. The summed E-state index contributed by atoms with van der Waals surface area (Å²) < 4.78 is 5.57. The molecule has 1 aliphatic carbocycles. The van der Waals surface area contributed by atoms with Gasteiger partial charge in [-0.05, 0) is 61.9 Å². The Bertz CT molecular complexity index is 1200. The molecule has 1 atom stereocenters. The highest BCUT2D eigenvalue weighted by molar-refractivity contribution is 7.59. The average molecular weight is 596 g/mol. The van der Waals surface area contributed by atoms with E-state index in [4.69, 9.17) is 39.1 Å². The van der Waals surface area contributed by atoms with Gasteiger partial charge in [0, 0.05) is 18.4 Å². The summed E-state index contributed by atoms with van der Waals surface area (Å²) in [5.74, 6) is -2.10. The Balaban J connectivity index is 0.00000533. The van der Waals surface area contributed by atoms with Crippen LogP contribution < -0.4 is 16.4 Å². The number of amides is 2. The van der Waals surface area contributed by atoms with Crippen molar-refractivity contribution in [2.45, 2.75) is 57.1 Å². The van der Waals surface area contributed by atoms with E-state index in [1.165, 1.54) is 12.1 Å². The van der Waals surface area contributed by atoms with Crippen molar-refractivity contribution in [3.05, 3.63) is 69.2 Å². The van der Waals surface area contributed by atoms with Gasteiger partial charge in [0.25, 0.3) is 11.8 Å². The van der Waals surface area contributed by atoms with Crippen molar-refractivity contribution in [3.63, 3.8) is 0 Å². The average Bonchev–Trinajstić information content (AvgIpc) is 3.37. The molecule has 39 heavy (non-hydrogen) atoms. The number of halogens is 2. The fourth-order valence-corrected chi connectivity index (χ4v) is 4.73. The van der Waals surface area contributed by atoms with E-state index >= 15 is 0 Å². The molecular formula is C27H32Cl2N4O5S. The number of esters is 1. The molecule has 5 N–H and O–H groups in total. The van der Waals surface area contributed by atoms with Gasteiger partial charge >= 0.3 is 5.97 Å². The molecule has 0 radical (unpaired) electrons. The summed E-state index contributed by atoms with van der Waals surface area (Å²) >= 11 is 12.3. The van der Waals surface area contributed by atoms with Gasteiger partial charge in [-0.15, -0.1) is 0 Å². The maximum absolute atomic E-state index is 12.9. The van der Waals surface area contributed by atoms with Crippen LogP contribution in [0, 0.1) is 5.41 Å². The number of ketones is 1. The lowest BCUT2D eigenvalue weighted by Crippen LogP contribution is -2.43. The molecule has 3 rings (SSSR count). The van der Waals surface area contributed by atoms with Crippen LogP contribution in [-0.4, -0.2) is 48.1 Å². The van der Waals surface area contributed by atoms with Crippen LogP contribution in [0.4, 0.5) is 0 Å². The molecule has 2 aromatic carbocycles. The normalized spacial score (nSPS) is 13.6. The number of ether oxygens (including phenoxy) is 1. The van der Waals surface area contributed by atoms with Gasteiger partial charge in [-0.2, -0.15) is 13.5 Å². The molecular weight excluding hydrogens is 563 g/mol. The minimum absolute atomic E-state index is 0. The van der Waals surface area contributed by atoms with E-state index in [0.29, 0.717) is 11.1 Å². The molecule has 210 valence electrons. The second-order valence-corrected chi connectivity index (χ2v) is 9.94. The van der Waals surface area contributed by atoms with Gasteiger partial charge in [0.2, 0.25) is 0 Å². The van der Waals surface area contributed by atoms with Crippen molar-refractivity contribution in [2.75, 3.05) is 6.54 Å². The number of rotatable bonds is 12. The van der Waals surface area contributed by atoms with Crippen LogP contribution in [0.15, 0.2) is 42.5 Å². The first kappa shape index (κ1) is 32.1. The smallest absolute Gasteiger partial charge is 0.328 e. The maximum atomic E-state index is 12.9. The first-order valence-corrected chi connectivity index (χ1v) is 13.1. The van der Waals surface area contributed by atoms with Crippen molar-refractivity contribution < 1.29 is 23.9 Å². The second kappa shape index (κ2) is 15.5.